The molecule has 0 spiro atoms. The Balaban J connectivity index is 2.11. The maximum absolute atomic E-state index is 9.57. The SMILES string of the molecule is COC(c1ccc(C2CNCCO2)cc1)C(O)C#N. The summed E-state index contributed by atoms with van der Waals surface area (Å²) < 4.78 is 10.8. The number of aliphatic hydroxyl groups is 1. The average Bonchev–Trinajstić information content (AvgIpc) is 2.49. The van der Waals surface area contributed by atoms with Gasteiger partial charge in [-0.15, -0.1) is 0 Å². The first-order valence-corrected chi connectivity index (χ1v) is 6.29. The van der Waals surface area contributed by atoms with Crippen molar-refractivity contribution >= 4 is 0 Å². The van der Waals surface area contributed by atoms with E-state index in [2.05, 4.69) is 5.32 Å². The van der Waals surface area contributed by atoms with Crippen LogP contribution < -0.4 is 5.32 Å². The van der Waals surface area contributed by atoms with Crippen LogP contribution in [0.5, 0.6) is 0 Å². The van der Waals surface area contributed by atoms with E-state index in [1.807, 2.05) is 24.3 Å². The Labute approximate surface area is 112 Å². The van der Waals surface area contributed by atoms with E-state index in [4.69, 9.17) is 14.7 Å². The molecule has 102 valence electrons. The topological polar surface area (TPSA) is 74.5 Å². The molecular weight excluding hydrogens is 244 g/mol. The number of morpholine rings is 1. The molecule has 0 radical (unpaired) electrons. The van der Waals surface area contributed by atoms with E-state index in [1.54, 1.807) is 6.07 Å². The molecule has 0 bridgehead atoms. The van der Waals surface area contributed by atoms with Crippen LogP contribution in [-0.4, -0.2) is 38.0 Å². The first-order chi connectivity index (χ1) is 9.26. The Morgan fingerprint density at radius 2 is 2.21 bits per heavy atom. The van der Waals surface area contributed by atoms with Crippen molar-refractivity contribution in [3.63, 3.8) is 0 Å². The van der Waals surface area contributed by atoms with Crippen LogP contribution >= 0.6 is 0 Å². The Morgan fingerprint density at radius 1 is 1.47 bits per heavy atom. The number of methoxy groups -OCH3 is 1. The number of aliphatic hydroxyl groups excluding tert-OH is 1. The molecule has 1 aromatic rings. The minimum absolute atomic E-state index is 0.0599. The van der Waals surface area contributed by atoms with Gasteiger partial charge < -0.3 is 19.9 Å². The van der Waals surface area contributed by atoms with Crippen molar-refractivity contribution < 1.29 is 14.6 Å². The molecule has 19 heavy (non-hydrogen) atoms. The summed E-state index contributed by atoms with van der Waals surface area (Å²) >= 11 is 0. The maximum Gasteiger partial charge on any atom is 0.170 e. The van der Waals surface area contributed by atoms with Crippen LogP contribution in [0.3, 0.4) is 0 Å². The molecule has 0 saturated carbocycles. The maximum atomic E-state index is 9.57. The predicted octanol–water partition coefficient (Wildman–Crippen LogP) is 0.919. The number of benzene rings is 1. The number of rotatable bonds is 4. The summed E-state index contributed by atoms with van der Waals surface area (Å²) in [5.74, 6) is 0. The Bertz CT molecular complexity index is 435. The second-order valence-electron chi connectivity index (χ2n) is 4.46. The molecule has 1 aromatic carbocycles. The van der Waals surface area contributed by atoms with Gasteiger partial charge in [-0.3, -0.25) is 0 Å². The van der Waals surface area contributed by atoms with E-state index < -0.39 is 12.2 Å². The lowest BCUT2D eigenvalue weighted by Gasteiger charge is -2.24. The summed E-state index contributed by atoms with van der Waals surface area (Å²) in [6.45, 7) is 2.39. The molecule has 0 aliphatic carbocycles. The van der Waals surface area contributed by atoms with Crippen molar-refractivity contribution in [2.45, 2.75) is 18.3 Å². The van der Waals surface area contributed by atoms with Crippen molar-refractivity contribution in [2.75, 3.05) is 26.8 Å². The third-order valence-corrected chi connectivity index (χ3v) is 3.24. The monoisotopic (exact) mass is 262 g/mol. The van der Waals surface area contributed by atoms with Gasteiger partial charge in [0.1, 0.15) is 6.10 Å². The highest BCUT2D eigenvalue weighted by Gasteiger charge is 2.21. The lowest BCUT2D eigenvalue weighted by Crippen LogP contribution is -2.33. The third-order valence-electron chi connectivity index (χ3n) is 3.24. The average molecular weight is 262 g/mol. The molecule has 1 aliphatic heterocycles. The van der Waals surface area contributed by atoms with Crippen molar-refractivity contribution in [1.29, 1.82) is 5.26 Å². The summed E-state index contributed by atoms with van der Waals surface area (Å²) in [5, 5.41) is 21.6. The minimum Gasteiger partial charge on any atom is -0.375 e. The number of nitrogens with zero attached hydrogens (tertiary/aromatic N) is 1. The van der Waals surface area contributed by atoms with E-state index >= 15 is 0 Å². The number of nitrogens with one attached hydrogen (secondary N) is 1. The van der Waals surface area contributed by atoms with Gasteiger partial charge >= 0.3 is 0 Å². The lowest BCUT2D eigenvalue weighted by molar-refractivity contribution is 0.0142. The zero-order valence-electron chi connectivity index (χ0n) is 10.9. The summed E-state index contributed by atoms with van der Waals surface area (Å²) in [4.78, 5) is 0. The van der Waals surface area contributed by atoms with Gasteiger partial charge in [-0.05, 0) is 11.1 Å². The van der Waals surface area contributed by atoms with Crippen molar-refractivity contribution in [3.05, 3.63) is 35.4 Å². The van der Waals surface area contributed by atoms with Gasteiger partial charge in [-0.2, -0.15) is 5.26 Å². The minimum atomic E-state index is -1.16. The molecule has 0 amide bonds. The highest BCUT2D eigenvalue weighted by Crippen LogP contribution is 2.24. The highest BCUT2D eigenvalue weighted by molar-refractivity contribution is 5.27. The van der Waals surface area contributed by atoms with Crippen molar-refractivity contribution in [1.82, 2.24) is 5.32 Å². The van der Waals surface area contributed by atoms with Gasteiger partial charge in [-0.25, -0.2) is 0 Å². The molecule has 1 aliphatic rings. The molecule has 3 atom stereocenters. The fourth-order valence-electron chi connectivity index (χ4n) is 2.19. The van der Waals surface area contributed by atoms with Crippen LogP contribution in [-0.2, 0) is 9.47 Å². The normalized spacial score (nSPS) is 22.5. The molecule has 5 nitrogen and oxygen atoms in total. The van der Waals surface area contributed by atoms with E-state index in [0.29, 0.717) is 6.61 Å². The van der Waals surface area contributed by atoms with E-state index in [9.17, 15) is 5.11 Å². The number of ether oxygens (including phenoxy) is 2. The zero-order valence-corrected chi connectivity index (χ0v) is 10.9. The molecule has 2 rings (SSSR count). The van der Waals surface area contributed by atoms with Crippen LogP contribution in [0.25, 0.3) is 0 Å². The fourth-order valence-corrected chi connectivity index (χ4v) is 2.19. The summed E-state index contributed by atoms with van der Waals surface area (Å²) in [6.07, 6.45) is -1.72. The highest BCUT2D eigenvalue weighted by atomic mass is 16.5. The third kappa shape index (κ3) is 3.31. The van der Waals surface area contributed by atoms with Crippen molar-refractivity contribution in [3.8, 4) is 6.07 Å². The van der Waals surface area contributed by atoms with Crippen LogP contribution in [0.15, 0.2) is 24.3 Å². The summed E-state index contributed by atoms with van der Waals surface area (Å²) in [6, 6.07) is 9.41. The van der Waals surface area contributed by atoms with E-state index in [0.717, 1.165) is 24.2 Å². The number of hydrogen-bond donors (Lipinski definition) is 2. The largest absolute Gasteiger partial charge is 0.375 e. The van der Waals surface area contributed by atoms with E-state index in [1.165, 1.54) is 7.11 Å². The molecule has 2 N–H and O–H groups in total. The Morgan fingerprint density at radius 3 is 2.74 bits per heavy atom. The first-order valence-electron chi connectivity index (χ1n) is 6.29. The second-order valence-corrected chi connectivity index (χ2v) is 4.46. The summed E-state index contributed by atoms with van der Waals surface area (Å²) in [7, 11) is 1.48. The molecule has 3 unspecified atom stereocenters. The molecule has 1 saturated heterocycles. The standard InChI is InChI=1S/C14H18N2O3/c1-18-14(12(17)8-15)11-4-2-10(3-5-11)13-9-16-6-7-19-13/h2-5,12-14,16-17H,6-7,9H2,1H3. The smallest absolute Gasteiger partial charge is 0.170 e. The van der Waals surface area contributed by atoms with Gasteiger partial charge in [0, 0.05) is 20.2 Å². The second kappa shape index (κ2) is 6.64. The molecule has 1 heterocycles. The Hall–Kier alpha value is -1.45. The van der Waals surface area contributed by atoms with Gasteiger partial charge in [0.05, 0.1) is 18.8 Å². The van der Waals surface area contributed by atoms with E-state index in [-0.39, 0.29) is 6.10 Å². The van der Waals surface area contributed by atoms with Crippen molar-refractivity contribution in [2.24, 2.45) is 0 Å². The quantitative estimate of drug-likeness (QED) is 0.789. The lowest BCUT2D eigenvalue weighted by atomic mass is 10.0. The molecule has 5 heteroatoms. The van der Waals surface area contributed by atoms with Crippen LogP contribution in [0.1, 0.15) is 23.3 Å². The van der Waals surface area contributed by atoms with Crippen LogP contribution in [0.2, 0.25) is 0 Å². The predicted molar refractivity (Wildman–Crippen MR) is 69.4 cm³/mol. The summed E-state index contributed by atoms with van der Waals surface area (Å²) in [5.41, 5.74) is 1.86. The van der Waals surface area contributed by atoms with Gasteiger partial charge in [0.2, 0.25) is 0 Å². The number of nitriles is 1. The van der Waals surface area contributed by atoms with Gasteiger partial charge in [-0.1, -0.05) is 24.3 Å². The number of hydrogen-bond acceptors (Lipinski definition) is 5. The van der Waals surface area contributed by atoms with Crippen LogP contribution in [0.4, 0.5) is 0 Å². The molecule has 0 aromatic heterocycles. The van der Waals surface area contributed by atoms with Gasteiger partial charge in [0.25, 0.3) is 0 Å². The fraction of sp³-hybridized carbons (Fsp3) is 0.500. The Kier molecular flexibility index (Phi) is 4.88. The van der Waals surface area contributed by atoms with Gasteiger partial charge in [0.15, 0.2) is 6.10 Å². The molecular formula is C14H18N2O3. The molecule has 1 fully saturated rings. The zero-order chi connectivity index (χ0) is 13.7. The van der Waals surface area contributed by atoms with Crippen LogP contribution in [0, 0.1) is 11.3 Å². The first kappa shape index (κ1) is 14.0.